The Morgan fingerprint density at radius 1 is 0.464 bits per heavy atom. The van der Waals surface area contributed by atoms with Crippen molar-refractivity contribution in [3.63, 3.8) is 0 Å². The van der Waals surface area contributed by atoms with Crippen LogP contribution in [-0.4, -0.2) is 28.2 Å². The zero-order chi connectivity index (χ0) is 19.7. The molecule has 2 nitrogen and oxygen atoms in total. The smallest absolute Gasteiger partial charge is 0.0441 e. The molecule has 0 N–H and O–H groups in total. The zero-order valence-corrected chi connectivity index (χ0v) is 16.8. The molecule has 0 amide bonds. The van der Waals surface area contributed by atoms with Crippen LogP contribution in [0.5, 0.6) is 0 Å². The molecule has 0 aliphatic heterocycles. The fourth-order valence-electron chi connectivity index (χ4n) is 3.72. The Labute approximate surface area is 167 Å². The van der Waals surface area contributed by atoms with E-state index in [0.29, 0.717) is 0 Å². The van der Waals surface area contributed by atoms with E-state index in [2.05, 4.69) is 123 Å². The van der Waals surface area contributed by atoms with Crippen LogP contribution < -0.4 is 9.80 Å². The lowest BCUT2D eigenvalue weighted by Gasteiger charge is -2.16. The van der Waals surface area contributed by atoms with Crippen molar-refractivity contribution in [1.82, 2.24) is 0 Å². The highest BCUT2D eigenvalue weighted by Crippen LogP contribution is 2.29. The molecule has 0 atom stereocenters. The van der Waals surface area contributed by atoms with Gasteiger partial charge in [-0.1, -0.05) is 60.4 Å². The quantitative estimate of drug-likeness (QED) is 0.432. The molecule has 28 heavy (non-hydrogen) atoms. The largest absolute Gasteiger partial charge is 0.377 e. The Bertz CT molecular complexity index is 1130. The van der Waals surface area contributed by atoms with E-state index in [1.54, 1.807) is 0 Å². The molecule has 0 bridgehead atoms. The van der Waals surface area contributed by atoms with Gasteiger partial charge in [-0.2, -0.15) is 0 Å². The van der Waals surface area contributed by atoms with Gasteiger partial charge >= 0.3 is 0 Å². The van der Waals surface area contributed by atoms with Crippen LogP contribution in [0.2, 0.25) is 0 Å². The maximum absolute atomic E-state index is 3.43. The second kappa shape index (κ2) is 7.29. The van der Waals surface area contributed by atoms with Gasteiger partial charge in [-0.3, -0.25) is 0 Å². The Morgan fingerprint density at radius 3 is 1.21 bits per heavy atom. The lowest BCUT2D eigenvalue weighted by molar-refractivity contribution is 1.14. The lowest BCUT2D eigenvalue weighted by Crippen LogP contribution is -2.09. The van der Waals surface area contributed by atoms with Crippen molar-refractivity contribution in [1.29, 1.82) is 0 Å². The molecule has 0 saturated carbocycles. The molecule has 4 aromatic rings. The molecule has 138 valence electrons. The van der Waals surface area contributed by atoms with Gasteiger partial charge in [0.1, 0.15) is 0 Å². The molecular weight excluding hydrogens is 340 g/mol. The minimum absolute atomic E-state index is 1.06. The average molecular weight is 364 g/mol. The van der Waals surface area contributed by atoms with Gasteiger partial charge < -0.3 is 9.80 Å². The van der Waals surface area contributed by atoms with Crippen molar-refractivity contribution in [3.05, 3.63) is 83.9 Å². The van der Waals surface area contributed by atoms with E-state index >= 15 is 0 Å². The first-order chi connectivity index (χ1) is 13.6. The van der Waals surface area contributed by atoms with E-state index in [1.165, 1.54) is 32.9 Å². The molecule has 0 heterocycles. The van der Waals surface area contributed by atoms with Gasteiger partial charge in [-0.25, -0.2) is 0 Å². The van der Waals surface area contributed by atoms with Crippen molar-refractivity contribution in [3.8, 4) is 11.8 Å². The molecule has 0 spiro atoms. The van der Waals surface area contributed by atoms with E-state index in [9.17, 15) is 0 Å². The molecule has 4 rings (SSSR count). The van der Waals surface area contributed by atoms with Crippen LogP contribution in [0.15, 0.2) is 72.8 Å². The van der Waals surface area contributed by atoms with Crippen molar-refractivity contribution in [2.75, 3.05) is 38.0 Å². The van der Waals surface area contributed by atoms with Gasteiger partial charge in [0.05, 0.1) is 0 Å². The van der Waals surface area contributed by atoms with Gasteiger partial charge in [0.2, 0.25) is 0 Å². The summed E-state index contributed by atoms with van der Waals surface area (Å²) in [6.45, 7) is 0. The van der Waals surface area contributed by atoms with Crippen molar-refractivity contribution in [2.45, 2.75) is 0 Å². The summed E-state index contributed by atoms with van der Waals surface area (Å²) in [5.74, 6) is 6.86. The summed E-state index contributed by atoms with van der Waals surface area (Å²) in [7, 11) is 8.30. The number of rotatable bonds is 2. The number of hydrogen-bond acceptors (Lipinski definition) is 2. The molecule has 0 aromatic heterocycles. The predicted molar refractivity (Wildman–Crippen MR) is 123 cm³/mol. The summed E-state index contributed by atoms with van der Waals surface area (Å²) < 4.78 is 0. The molecular formula is C26H24N2. The van der Waals surface area contributed by atoms with E-state index in [1.807, 2.05) is 0 Å². The second-order valence-electron chi connectivity index (χ2n) is 7.39. The fraction of sp³-hybridized carbons (Fsp3) is 0.154. The number of fused-ring (bicyclic) bond motifs is 2. The van der Waals surface area contributed by atoms with Crippen molar-refractivity contribution >= 4 is 32.9 Å². The first kappa shape index (κ1) is 17.9. The number of nitrogens with zero attached hydrogens (tertiary/aromatic N) is 2. The molecule has 4 aromatic carbocycles. The van der Waals surface area contributed by atoms with Crippen LogP contribution >= 0.6 is 0 Å². The predicted octanol–water partition coefficient (Wildman–Crippen LogP) is 5.52. The van der Waals surface area contributed by atoms with Crippen molar-refractivity contribution < 1.29 is 0 Å². The van der Waals surface area contributed by atoms with Gasteiger partial charge in [0.25, 0.3) is 0 Å². The summed E-state index contributed by atoms with van der Waals surface area (Å²) in [4.78, 5) is 4.29. The van der Waals surface area contributed by atoms with Gasteiger partial charge in [-0.15, -0.1) is 0 Å². The van der Waals surface area contributed by atoms with E-state index in [0.717, 1.165) is 11.1 Å². The van der Waals surface area contributed by atoms with Crippen LogP contribution in [-0.2, 0) is 0 Å². The third-order valence-corrected chi connectivity index (χ3v) is 5.09. The monoisotopic (exact) mass is 364 g/mol. The van der Waals surface area contributed by atoms with Crippen LogP contribution in [0.4, 0.5) is 11.4 Å². The maximum atomic E-state index is 3.43. The first-order valence-electron chi connectivity index (χ1n) is 9.46. The van der Waals surface area contributed by atoms with Crippen LogP contribution in [0, 0.1) is 11.8 Å². The van der Waals surface area contributed by atoms with Crippen molar-refractivity contribution in [2.24, 2.45) is 0 Å². The lowest BCUT2D eigenvalue weighted by atomic mass is 10.0. The summed E-state index contributed by atoms with van der Waals surface area (Å²) in [6.07, 6.45) is 0. The minimum atomic E-state index is 1.06. The van der Waals surface area contributed by atoms with E-state index < -0.39 is 0 Å². The molecule has 0 saturated heterocycles. The average Bonchev–Trinajstić information content (AvgIpc) is 2.71. The van der Waals surface area contributed by atoms with Crippen LogP contribution in [0.1, 0.15) is 11.1 Å². The SMILES string of the molecule is CN(C)c1cccc2c(C#Cc3cccc4c(N(C)C)cccc34)cccc12. The van der Waals surface area contributed by atoms with Gasteiger partial charge in [0, 0.05) is 61.5 Å². The van der Waals surface area contributed by atoms with E-state index in [-0.39, 0.29) is 0 Å². The number of anilines is 2. The first-order valence-corrected chi connectivity index (χ1v) is 9.46. The van der Waals surface area contributed by atoms with Crippen LogP contribution in [0.3, 0.4) is 0 Å². The molecule has 0 unspecified atom stereocenters. The summed E-state index contributed by atoms with van der Waals surface area (Å²) in [5, 5.41) is 4.84. The standard InChI is InChI=1S/C26H24N2/c1-27(2)25-15-7-11-21-19(9-5-13-23(21)25)17-18-20-10-6-14-24-22(20)12-8-16-26(24)28(3)4/h5-16H,1-4H3. The third kappa shape index (κ3) is 3.17. The van der Waals surface area contributed by atoms with E-state index in [4.69, 9.17) is 0 Å². The summed E-state index contributed by atoms with van der Waals surface area (Å²) in [5.41, 5.74) is 4.54. The molecule has 0 radical (unpaired) electrons. The number of benzene rings is 4. The number of hydrogen-bond donors (Lipinski definition) is 0. The third-order valence-electron chi connectivity index (χ3n) is 5.09. The Morgan fingerprint density at radius 2 is 0.821 bits per heavy atom. The zero-order valence-electron chi connectivity index (χ0n) is 16.8. The normalized spacial score (nSPS) is 10.6. The Hall–Kier alpha value is -3.44. The minimum Gasteiger partial charge on any atom is -0.377 e. The molecule has 2 heteroatoms. The topological polar surface area (TPSA) is 6.48 Å². The highest BCUT2D eigenvalue weighted by Gasteiger charge is 2.06. The second-order valence-corrected chi connectivity index (χ2v) is 7.39. The fourth-order valence-corrected chi connectivity index (χ4v) is 3.72. The van der Waals surface area contributed by atoms with Gasteiger partial charge in [-0.05, 0) is 35.0 Å². The Balaban J connectivity index is 1.87. The van der Waals surface area contributed by atoms with Crippen LogP contribution in [0.25, 0.3) is 21.5 Å². The molecule has 0 fully saturated rings. The molecule has 0 aliphatic carbocycles. The van der Waals surface area contributed by atoms with Gasteiger partial charge in [0.15, 0.2) is 0 Å². The highest BCUT2D eigenvalue weighted by atomic mass is 15.1. The Kier molecular flexibility index (Phi) is 4.67. The maximum Gasteiger partial charge on any atom is 0.0441 e. The summed E-state index contributed by atoms with van der Waals surface area (Å²) >= 11 is 0. The highest BCUT2D eigenvalue weighted by molar-refractivity contribution is 5.99. The molecule has 0 aliphatic rings. The summed E-state index contributed by atoms with van der Waals surface area (Å²) in [6, 6.07) is 25.5.